The standard InChI is InChI=1S/C23H22N2O3/c1-23(2,3)28-22(26)25-20-8-10-21(11-9-20)27-15-17-5-7-18-12-16(14-24)4-6-19(18)13-17/h4-13H,15H2,1-3H3,(H,25,26). The highest BCUT2D eigenvalue weighted by Crippen LogP contribution is 2.21. The third-order valence-electron chi connectivity index (χ3n) is 3.94. The minimum Gasteiger partial charge on any atom is -0.489 e. The van der Waals surface area contributed by atoms with E-state index in [1.165, 1.54) is 0 Å². The molecule has 3 rings (SSSR count). The first kappa shape index (κ1) is 19.2. The van der Waals surface area contributed by atoms with Gasteiger partial charge in [-0.2, -0.15) is 5.26 Å². The summed E-state index contributed by atoms with van der Waals surface area (Å²) in [6, 6.07) is 20.9. The summed E-state index contributed by atoms with van der Waals surface area (Å²) in [6.07, 6.45) is -0.489. The molecule has 0 aromatic heterocycles. The topological polar surface area (TPSA) is 71.3 Å². The summed E-state index contributed by atoms with van der Waals surface area (Å²) in [5.74, 6) is 0.703. The number of hydrogen-bond acceptors (Lipinski definition) is 4. The molecular weight excluding hydrogens is 352 g/mol. The summed E-state index contributed by atoms with van der Waals surface area (Å²) < 4.78 is 11.1. The van der Waals surface area contributed by atoms with Crippen LogP contribution in [-0.4, -0.2) is 11.7 Å². The fourth-order valence-corrected chi connectivity index (χ4v) is 2.68. The first-order chi connectivity index (χ1) is 13.3. The van der Waals surface area contributed by atoms with Gasteiger partial charge in [0, 0.05) is 5.69 Å². The van der Waals surface area contributed by atoms with Gasteiger partial charge in [-0.3, -0.25) is 5.32 Å². The van der Waals surface area contributed by atoms with Crippen LogP contribution in [0.5, 0.6) is 5.75 Å². The lowest BCUT2D eigenvalue weighted by Gasteiger charge is -2.19. The molecule has 0 heterocycles. The Hall–Kier alpha value is -3.52. The smallest absolute Gasteiger partial charge is 0.412 e. The summed E-state index contributed by atoms with van der Waals surface area (Å²) in [5, 5.41) is 13.8. The van der Waals surface area contributed by atoms with E-state index in [0.29, 0.717) is 23.6 Å². The summed E-state index contributed by atoms with van der Waals surface area (Å²) in [7, 11) is 0. The molecule has 28 heavy (non-hydrogen) atoms. The Morgan fingerprint density at radius 2 is 1.68 bits per heavy atom. The lowest BCUT2D eigenvalue weighted by atomic mass is 10.1. The van der Waals surface area contributed by atoms with Gasteiger partial charge in [-0.25, -0.2) is 4.79 Å². The Kier molecular flexibility index (Phi) is 5.51. The molecule has 0 fully saturated rings. The van der Waals surface area contributed by atoms with Crippen molar-refractivity contribution in [2.24, 2.45) is 0 Å². The van der Waals surface area contributed by atoms with E-state index in [1.54, 1.807) is 24.3 Å². The Balaban J connectivity index is 1.59. The average molecular weight is 374 g/mol. The van der Waals surface area contributed by atoms with Crippen LogP contribution in [0, 0.1) is 11.3 Å². The van der Waals surface area contributed by atoms with Crippen LogP contribution in [0.15, 0.2) is 60.7 Å². The molecule has 0 saturated heterocycles. The fourth-order valence-electron chi connectivity index (χ4n) is 2.68. The second-order valence-corrected chi connectivity index (χ2v) is 7.45. The van der Waals surface area contributed by atoms with Crippen LogP contribution < -0.4 is 10.1 Å². The fraction of sp³-hybridized carbons (Fsp3) is 0.217. The van der Waals surface area contributed by atoms with Crippen LogP contribution in [-0.2, 0) is 11.3 Å². The van der Waals surface area contributed by atoms with Crippen LogP contribution in [0.4, 0.5) is 10.5 Å². The zero-order valence-electron chi connectivity index (χ0n) is 16.2. The van der Waals surface area contributed by atoms with Crippen LogP contribution in [0.2, 0.25) is 0 Å². The number of anilines is 1. The number of ether oxygens (including phenoxy) is 2. The predicted molar refractivity (Wildman–Crippen MR) is 109 cm³/mol. The van der Waals surface area contributed by atoms with Crippen molar-refractivity contribution < 1.29 is 14.3 Å². The quantitative estimate of drug-likeness (QED) is 0.642. The summed E-state index contributed by atoms with van der Waals surface area (Å²) in [6.45, 7) is 5.88. The highest BCUT2D eigenvalue weighted by atomic mass is 16.6. The van der Waals surface area contributed by atoms with E-state index in [1.807, 2.05) is 51.1 Å². The molecular formula is C23H22N2O3. The van der Waals surface area contributed by atoms with Gasteiger partial charge in [-0.15, -0.1) is 0 Å². The maximum Gasteiger partial charge on any atom is 0.412 e. The molecule has 0 saturated carbocycles. The van der Waals surface area contributed by atoms with Crippen molar-refractivity contribution in [3.05, 3.63) is 71.8 Å². The van der Waals surface area contributed by atoms with Gasteiger partial charge in [0.1, 0.15) is 18.0 Å². The lowest BCUT2D eigenvalue weighted by molar-refractivity contribution is 0.0636. The first-order valence-electron chi connectivity index (χ1n) is 8.98. The van der Waals surface area contributed by atoms with Crippen molar-refractivity contribution in [1.29, 1.82) is 5.26 Å². The summed E-state index contributed by atoms with van der Waals surface area (Å²) in [5.41, 5.74) is 1.79. The maximum atomic E-state index is 11.8. The van der Waals surface area contributed by atoms with Crippen LogP contribution in [0.3, 0.4) is 0 Å². The highest BCUT2D eigenvalue weighted by molar-refractivity contribution is 5.85. The molecule has 1 N–H and O–H groups in total. The molecule has 1 amide bonds. The summed E-state index contributed by atoms with van der Waals surface area (Å²) in [4.78, 5) is 11.8. The van der Waals surface area contributed by atoms with Gasteiger partial charge in [-0.1, -0.05) is 18.2 Å². The number of nitrogens with one attached hydrogen (secondary N) is 1. The molecule has 0 aliphatic rings. The number of hydrogen-bond donors (Lipinski definition) is 1. The molecule has 0 aliphatic carbocycles. The first-order valence-corrected chi connectivity index (χ1v) is 8.98. The number of carbonyl (C=O) groups excluding carboxylic acids is 1. The Labute approximate surface area is 164 Å². The van der Waals surface area contributed by atoms with Crippen molar-refractivity contribution in [2.45, 2.75) is 33.0 Å². The van der Waals surface area contributed by atoms with Crippen molar-refractivity contribution >= 4 is 22.6 Å². The van der Waals surface area contributed by atoms with Gasteiger partial charge < -0.3 is 9.47 Å². The van der Waals surface area contributed by atoms with E-state index in [9.17, 15) is 4.79 Å². The van der Waals surface area contributed by atoms with E-state index in [0.717, 1.165) is 16.3 Å². The Morgan fingerprint density at radius 1 is 1.00 bits per heavy atom. The second-order valence-electron chi connectivity index (χ2n) is 7.45. The molecule has 5 nitrogen and oxygen atoms in total. The van der Waals surface area contributed by atoms with Gasteiger partial charge in [0.2, 0.25) is 0 Å². The second kappa shape index (κ2) is 8.01. The zero-order valence-corrected chi connectivity index (χ0v) is 16.2. The largest absolute Gasteiger partial charge is 0.489 e. The van der Waals surface area contributed by atoms with Gasteiger partial charge in [0.05, 0.1) is 11.6 Å². The van der Waals surface area contributed by atoms with Gasteiger partial charge in [0.15, 0.2) is 0 Å². The zero-order chi connectivity index (χ0) is 20.1. The van der Waals surface area contributed by atoms with E-state index in [-0.39, 0.29) is 0 Å². The molecule has 3 aromatic rings. The number of carbonyl (C=O) groups is 1. The maximum absolute atomic E-state index is 11.8. The van der Waals surface area contributed by atoms with Gasteiger partial charge in [0.25, 0.3) is 0 Å². The molecule has 3 aromatic carbocycles. The lowest BCUT2D eigenvalue weighted by Crippen LogP contribution is -2.27. The SMILES string of the molecule is CC(C)(C)OC(=O)Nc1ccc(OCc2ccc3cc(C#N)ccc3c2)cc1. The molecule has 0 aliphatic heterocycles. The van der Waals surface area contributed by atoms with Crippen molar-refractivity contribution in [2.75, 3.05) is 5.32 Å². The third kappa shape index (κ3) is 5.24. The van der Waals surface area contributed by atoms with E-state index < -0.39 is 11.7 Å². The number of nitriles is 1. The normalized spacial score (nSPS) is 10.9. The van der Waals surface area contributed by atoms with Crippen LogP contribution in [0.1, 0.15) is 31.9 Å². The van der Waals surface area contributed by atoms with Gasteiger partial charge >= 0.3 is 6.09 Å². The Bertz CT molecular complexity index is 1030. The molecule has 0 radical (unpaired) electrons. The molecule has 0 atom stereocenters. The monoisotopic (exact) mass is 374 g/mol. The Morgan fingerprint density at radius 3 is 2.36 bits per heavy atom. The molecule has 0 unspecified atom stereocenters. The predicted octanol–water partition coefficient (Wildman–Crippen LogP) is 5.64. The molecule has 0 bridgehead atoms. The van der Waals surface area contributed by atoms with Crippen molar-refractivity contribution in [3.63, 3.8) is 0 Å². The molecule has 142 valence electrons. The number of nitrogens with zero attached hydrogens (tertiary/aromatic N) is 1. The summed E-state index contributed by atoms with van der Waals surface area (Å²) >= 11 is 0. The third-order valence-corrected chi connectivity index (χ3v) is 3.94. The van der Waals surface area contributed by atoms with Crippen molar-refractivity contribution in [3.8, 4) is 11.8 Å². The molecule has 5 heteroatoms. The van der Waals surface area contributed by atoms with Crippen LogP contribution in [0.25, 0.3) is 10.8 Å². The number of rotatable bonds is 4. The highest BCUT2D eigenvalue weighted by Gasteiger charge is 2.16. The minimum atomic E-state index is -0.539. The average Bonchev–Trinajstić information content (AvgIpc) is 2.65. The van der Waals surface area contributed by atoms with E-state index in [4.69, 9.17) is 14.7 Å². The van der Waals surface area contributed by atoms with E-state index >= 15 is 0 Å². The van der Waals surface area contributed by atoms with Gasteiger partial charge in [-0.05, 0) is 79.6 Å². The van der Waals surface area contributed by atoms with Crippen molar-refractivity contribution in [1.82, 2.24) is 0 Å². The molecule has 0 spiro atoms. The van der Waals surface area contributed by atoms with Crippen LogP contribution >= 0.6 is 0 Å². The number of benzene rings is 3. The van der Waals surface area contributed by atoms with E-state index in [2.05, 4.69) is 17.5 Å². The minimum absolute atomic E-state index is 0.425. The number of amides is 1. The number of fused-ring (bicyclic) bond motifs is 1.